The number of nitrogens with zero attached hydrogens (tertiary/aromatic N) is 2. The molecular weight excluding hydrogens is 328 g/mol. The molecule has 4 rings (SSSR count). The molecule has 6 unspecified atom stereocenters. The highest BCUT2D eigenvalue weighted by atomic mass is 28.4. The summed E-state index contributed by atoms with van der Waals surface area (Å²) < 4.78 is 16.2. The van der Waals surface area contributed by atoms with Gasteiger partial charge in [0.05, 0.1) is 11.7 Å². The quantitative estimate of drug-likeness (QED) is 0.547. The van der Waals surface area contributed by atoms with Crippen LogP contribution in [0, 0.1) is 0 Å². The third kappa shape index (κ3) is 3.47. The van der Waals surface area contributed by atoms with Gasteiger partial charge in [-0.2, -0.15) is 0 Å². The SMILES string of the molecule is CCO[Si]1(OC2(C)C3CCCCCCCN32)C2CCCCCCCN21. The molecule has 4 nitrogen and oxygen atoms in total. The summed E-state index contributed by atoms with van der Waals surface area (Å²) in [6.07, 6.45) is 16.4. The first kappa shape index (κ1) is 18.4. The largest absolute Gasteiger partial charge is 0.446 e. The monoisotopic (exact) mass is 366 g/mol. The van der Waals surface area contributed by atoms with Gasteiger partial charge in [0.15, 0.2) is 0 Å². The van der Waals surface area contributed by atoms with Crippen LogP contribution < -0.4 is 0 Å². The molecule has 144 valence electrons. The first-order valence-corrected chi connectivity index (χ1v) is 12.9. The van der Waals surface area contributed by atoms with E-state index < -0.39 is 8.72 Å². The molecule has 0 spiro atoms. The Morgan fingerprint density at radius 2 is 1.52 bits per heavy atom. The van der Waals surface area contributed by atoms with Crippen molar-refractivity contribution in [2.24, 2.45) is 0 Å². The van der Waals surface area contributed by atoms with E-state index in [0.717, 1.165) is 6.61 Å². The van der Waals surface area contributed by atoms with Crippen LogP contribution in [0.4, 0.5) is 0 Å². The van der Waals surface area contributed by atoms with Crippen LogP contribution >= 0.6 is 0 Å². The normalized spacial score (nSPS) is 47.8. The van der Waals surface area contributed by atoms with Crippen LogP contribution in [0.3, 0.4) is 0 Å². The Morgan fingerprint density at radius 3 is 2.28 bits per heavy atom. The van der Waals surface area contributed by atoms with Crippen LogP contribution in [-0.4, -0.2) is 55.3 Å². The van der Waals surface area contributed by atoms with Gasteiger partial charge >= 0.3 is 8.72 Å². The fraction of sp³-hybridized carbons (Fsp3) is 1.00. The minimum atomic E-state index is -2.15. The van der Waals surface area contributed by atoms with Crippen molar-refractivity contribution < 1.29 is 8.85 Å². The first-order valence-electron chi connectivity index (χ1n) is 11.1. The molecule has 0 radical (unpaired) electrons. The minimum absolute atomic E-state index is 0.0319. The van der Waals surface area contributed by atoms with Gasteiger partial charge in [0.2, 0.25) is 0 Å². The van der Waals surface area contributed by atoms with E-state index in [9.17, 15) is 0 Å². The maximum atomic E-state index is 7.05. The van der Waals surface area contributed by atoms with Crippen LogP contribution in [0.15, 0.2) is 0 Å². The smallest absolute Gasteiger partial charge is 0.382 e. The zero-order chi connectivity index (χ0) is 17.3. The molecular formula is C20H38N2O2Si. The molecule has 0 N–H and O–H groups in total. The number of rotatable bonds is 4. The second-order valence-electron chi connectivity index (χ2n) is 8.75. The predicted octanol–water partition coefficient (Wildman–Crippen LogP) is 4.31. The first-order chi connectivity index (χ1) is 12.2. The van der Waals surface area contributed by atoms with Gasteiger partial charge in [0.25, 0.3) is 0 Å². The molecule has 0 aromatic carbocycles. The van der Waals surface area contributed by atoms with Gasteiger partial charge in [0.1, 0.15) is 5.72 Å². The maximum absolute atomic E-state index is 7.05. The Kier molecular flexibility index (Phi) is 5.59. The molecule has 0 amide bonds. The Balaban J connectivity index is 1.46. The summed E-state index contributed by atoms with van der Waals surface area (Å²) in [5.74, 6) is 0. The highest BCUT2D eigenvalue weighted by Gasteiger charge is 2.76. The zero-order valence-corrected chi connectivity index (χ0v) is 17.5. The lowest BCUT2D eigenvalue weighted by Crippen LogP contribution is -2.42. The van der Waals surface area contributed by atoms with Crippen LogP contribution in [0.25, 0.3) is 0 Å². The van der Waals surface area contributed by atoms with Gasteiger partial charge in [-0.05, 0) is 46.1 Å². The Labute approximate surface area is 155 Å². The van der Waals surface area contributed by atoms with E-state index >= 15 is 0 Å². The molecule has 0 aromatic rings. The highest BCUT2D eigenvalue weighted by molar-refractivity contribution is 6.76. The Morgan fingerprint density at radius 1 is 0.880 bits per heavy atom. The van der Waals surface area contributed by atoms with Gasteiger partial charge in [0, 0.05) is 13.2 Å². The second kappa shape index (κ2) is 7.59. The van der Waals surface area contributed by atoms with Crippen molar-refractivity contribution in [3.63, 3.8) is 0 Å². The Bertz CT molecular complexity index is 433. The topological polar surface area (TPSA) is 24.5 Å². The van der Waals surface area contributed by atoms with Gasteiger partial charge in [-0.25, -0.2) is 0 Å². The van der Waals surface area contributed by atoms with Gasteiger partial charge in [-0.3, -0.25) is 9.47 Å². The second-order valence-corrected chi connectivity index (χ2v) is 11.7. The van der Waals surface area contributed by atoms with Crippen molar-refractivity contribution in [2.75, 3.05) is 19.7 Å². The van der Waals surface area contributed by atoms with Crippen LogP contribution in [0.1, 0.15) is 90.9 Å². The summed E-state index contributed by atoms with van der Waals surface area (Å²) in [5, 5.41) is 0. The molecule has 4 aliphatic rings. The molecule has 4 saturated heterocycles. The van der Waals surface area contributed by atoms with Crippen molar-refractivity contribution in [1.29, 1.82) is 0 Å². The van der Waals surface area contributed by atoms with E-state index in [0.29, 0.717) is 11.7 Å². The van der Waals surface area contributed by atoms with Crippen LogP contribution in [0.5, 0.6) is 0 Å². The summed E-state index contributed by atoms with van der Waals surface area (Å²) >= 11 is 0. The lowest BCUT2D eigenvalue weighted by Gasteiger charge is -2.23. The fourth-order valence-corrected chi connectivity index (χ4v) is 9.84. The van der Waals surface area contributed by atoms with Crippen molar-refractivity contribution in [3.05, 3.63) is 0 Å². The summed E-state index contributed by atoms with van der Waals surface area (Å²) in [6.45, 7) is 7.76. The summed E-state index contributed by atoms with van der Waals surface area (Å²) in [5.41, 5.74) is 0.592. The molecule has 0 bridgehead atoms. The number of fused-ring (bicyclic) bond motifs is 2. The number of hydrogen-bond acceptors (Lipinski definition) is 4. The zero-order valence-electron chi connectivity index (χ0n) is 16.5. The average molecular weight is 367 g/mol. The van der Waals surface area contributed by atoms with E-state index in [1.165, 1.54) is 90.1 Å². The van der Waals surface area contributed by atoms with Crippen LogP contribution in [0.2, 0.25) is 0 Å². The van der Waals surface area contributed by atoms with Crippen molar-refractivity contribution in [1.82, 2.24) is 9.47 Å². The van der Waals surface area contributed by atoms with Gasteiger partial charge < -0.3 is 8.85 Å². The highest BCUT2D eigenvalue weighted by Crippen LogP contribution is 2.53. The Hall–Kier alpha value is 0.0569. The van der Waals surface area contributed by atoms with Crippen molar-refractivity contribution >= 4 is 8.72 Å². The molecule has 6 atom stereocenters. The molecule has 25 heavy (non-hydrogen) atoms. The third-order valence-electron chi connectivity index (χ3n) is 7.08. The van der Waals surface area contributed by atoms with Crippen LogP contribution in [-0.2, 0) is 8.85 Å². The van der Waals surface area contributed by atoms with E-state index in [2.05, 4.69) is 23.3 Å². The summed E-state index contributed by atoms with van der Waals surface area (Å²) in [7, 11) is -2.15. The fourth-order valence-electron chi connectivity index (χ4n) is 5.58. The maximum Gasteiger partial charge on any atom is 0.446 e. The molecule has 0 saturated carbocycles. The molecule has 4 heterocycles. The average Bonchev–Trinajstić information content (AvgIpc) is 3.34. The predicted molar refractivity (Wildman–Crippen MR) is 103 cm³/mol. The van der Waals surface area contributed by atoms with E-state index in [4.69, 9.17) is 8.85 Å². The van der Waals surface area contributed by atoms with E-state index in [-0.39, 0.29) is 5.72 Å². The summed E-state index contributed by atoms with van der Waals surface area (Å²) in [6, 6.07) is 0.645. The molecule has 5 heteroatoms. The molecule has 0 aliphatic carbocycles. The lowest BCUT2D eigenvalue weighted by molar-refractivity contribution is 0.0727. The van der Waals surface area contributed by atoms with Crippen molar-refractivity contribution in [2.45, 2.75) is 108 Å². The summed E-state index contributed by atoms with van der Waals surface area (Å²) in [4.78, 5) is 2.66. The van der Waals surface area contributed by atoms with E-state index in [1.54, 1.807) is 0 Å². The number of hydrogen-bond donors (Lipinski definition) is 0. The molecule has 0 aromatic heterocycles. The van der Waals surface area contributed by atoms with E-state index in [1.807, 2.05) is 0 Å². The van der Waals surface area contributed by atoms with Gasteiger partial charge in [-0.1, -0.05) is 51.4 Å². The minimum Gasteiger partial charge on any atom is -0.382 e. The molecule has 4 fully saturated rings. The standard InChI is InChI=1S/C20H38N2O2Si/c1-3-23-25(19-15-11-7-5-9-13-17-22(19)25)24-20(2)18-14-10-6-4-8-12-16-21(18)20/h18-19H,3-17H2,1-2H3. The van der Waals surface area contributed by atoms with Gasteiger partial charge in [-0.15, -0.1) is 0 Å². The molecule has 4 aliphatic heterocycles. The van der Waals surface area contributed by atoms with Crippen molar-refractivity contribution in [3.8, 4) is 0 Å². The lowest BCUT2D eigenvalue weighted by atomic mass is 10.1. The third-order valence-corrected chi connectivity index (χ3v) is 11.0.